The largest absolute Gasteiger partial charge is 0.493 e. The lowest BCUT2D eigenvalue weighted by Crippen LogP contribution is -2.41. The van der Waals surface area contributed by atoms with Crippen LogP contribution in [0.3, 0.4) is 0 Å². The molecule has 0 unspecified atom stereocenters. The van der Waals surface area contributed by atoms with Crippen LogP contribution < -0.4 is 9.47 Å². The first-order valence-corrected chi connectivity index (χ1v) is 8.03. The van der Waals surface area contributed by atoms with E-state index in [0.717, 1.165) is 0 Å². The number of amides is 1. The summed E-state index contributed by atoms with van der Waals surface area (Å²) >= 11 is 0. The van der Waals surface area contributed by atoms with Gasteiger partial charge in [-0.25, -0.2) is 4.79 Å². The fraction of sp³-hybridized carbons (Fsp3) is 0.389. The zero-order chi connectivity index (χ0) is 19.1. The molecule has 1 heterocycles. The van der Waals surface area contributed by atoms with Crippen molar-refractivity contribution in [3.8, 4) is 17.6 Å². The van der Waals surface area contributed by atoms with Gasteiger partial charge in [0, 0.05) is 18.7 Å². The Morgan fingerprint density at radius 2 is 2.08 bits per heavy atom. The highest BCUT2D eigenvalue weighted by Gasteiger charge is 2.22. The Hall–Kier alpha value is -3.05. The summed E-state index contributed by atoms with van der Waals surface area (Å²) in [5.74, 6) is -1.08. The van der Waals surface area contributed by atoms with Crippen molar-refractivity contribution < 1.29 is 28.9 Å². The molecule has 0 radical (unpaired) electrons. The normalized spacial score (nSPS) is 15.7. The number of methoxy groups -OCH3 is 1. The van der Waals surface area contributed by atoms with E-state index in [0.29, 0.717) is 37.6 Å². The molecule has 1 atom stereocenters. The van der Waals surface area contributed by atoms with Gasteiger partial charge in [-0.2, -0.15) is 5.26 Å². The van der Waals surface area contributed by atoms with Gasteiger partial charge in [0.2, 0.25) is 0 Å². The summed E-state index contributed by atoms with van der Waals surface area (Å²) in [7, 11) is 1.42. The van der Waals surface area contributed by atoms with Crippen LogP contribution in [0.5, 0.6) is 11.5 Å². The van der Waals surface area contributed by atoms with Crippen LogP contribution in [0.25, 0.3) is 6.08 Å². The molecule has 1 amide bonds. The van der Waals surface area contributed by atoms with E-state index in [-0.39, 0.29) is 11.3 Å². The van der Waals surface area contributed by atoms with E-state index in [1.807, 2.05) is 6.07 Å². The number of aliphatic carboxylic acids is 1. The minimum atomic E-state index is -1.14. The molecule has 8 nitrogen and oxygen atoms in total. The highest BCUT2D eigenvalue weighted by Crippen LogP contribution is 2.33. The molecule has 0 saturated carbocycles. The molecule has 0 bridgehead atoms. The van der Waals surface area contributed by atoms with Gasteiger partial charge in [0.1, 0.15) is 11.6 Å². The number of carboxylic acids is 1. The number of para-hydroxylation sites is 1. The lowest BCUT2D eigenvalue weighted by atomic mass is 10.1. The van der Waals surface area contributed by atoms with Crippen molar-refractivity contribution in [3.63, 3.8) is 0 Å². The van der Waals surface area contributed by atoms with Gasteiger partial charge in [0.05, 0.1) is 20.3 Å². The molecule has 0 spiro atoms. The number of hydrogen-bond acceptors (Lipinski definition) is 6. The topological polar surface area (TPSA) is 109 Å². The molecule has 8 heteroatoms. The van der Waals surface area contributed by atoms with Crippen molar-refractivity contribution in [1.29, 1.82) is 5.26 Å². The van der Waals surface area contributed by atoms with Crippen molar-refractivity contribution in [1.82, 2.24) is 4.90 Å². The Bertz CT molecular complexity index is 747. The highest BCUT2D eigenvalue weighted by molar-refractivity contribution is 6.02. The number of nitriles is 1. The Labute approximate surface area is 151 Å². The third kappa shape index (κ3) is 4.52. The number of rotatable bonds is 6. The van der Waals surface area contributed by atoms with Crippen molar-refractivity contribution in [2.75, 3.05) is 33.4 Å². The van der Waals surface area contributed by atoms with Crippen LogP contribution in [-0.4, -0.2) is 61.4 Å². The maximum Gasteiger partial charge on any atom is 0.344 e. The number of morpholine rings is 1. The number of carbonyl (C=O) groups excluding carboxylic acids is 1. The maximum atomic E-state index is 12.5. The van der Waals surface area contributed by atoms with Crippen molar-refractivity contribution in [2.45, 2.75) is 13.0 Å². The Morgan fingerprint density at radius 1 is 1.38 bits per heavy atom. The van der Waals surface area contributed by atoms with Gasteiger partial charge in [0.15, 0.2) is 17.6 Å². The minimum absolute atomic E-state index is 0.0759. The van der Waals surface area contributed by atoms with Gasteiger partial charge in [0.25, 0.3) is 5.91 Å². The monoisotopic (exact) mass is 360 g/mol. The number of ether oxygens (including phenoxy) is 3. The molecule has 0 aromatic heterocycles. The van der Waals surface area contributed by atoms with E-state index in [4.69, 9.17) is 19.3 Å². The first-order valence-electron chi connectivity index (χ1n) is 8.03. The van der Waals surface area contributed by atoms with Gasteiger partial charge in [-0.05, 0) is 19.1 Å². The number of benzene rings is 1. The van der Waals surface area contributed by atoms with E-state index in [2.05, 4.69) is 0 Å². The predicted molar refractivity (Wildman–Crippen MR) is 91.7 cm³/mol. The molecule has 26 heavy (non-hydrogen) atoms. The van der Waals surface area contributed by atoms with Crippen LogP contribution in [0, 0.1) is 11.3 Å². The second-order valence-electron chi connectivity index (χ2n) is 5.55. The highest BCUT2D eigenvalue weighted by atomic mass is 16.5. The van der Waals surface area contributed by atoms with E-state index in [1.54, 1.807) is 23.1 Å². The molecule has 1 aromatic carbocycles. The number of nitrogens with zero attached hydrogens (tertiary/aromatic N) is 2. The molecule has 1 fully saturated rings. The molecule has 1 aliphatic rings. The summed E-state index contributed by atoms with van der Waals surface area (Å²) in [5.41, 5.74) is 0.309. The molecule has 1 aromatic rings. The van der Waals surface area contributed by atoms with Gasteiger partial charge >= 0.3 is 5.97 Å². The van der Waals surface area contributed by atoms with Crippen LogP contribution in [-0.2, 0) is 14.3 Å². The average molecular weight is 360 g/mol. The first-order chi connectivity index (χ1) is 12.5. The zero-order valence-corrected chi connectivity index (χ0v) is 14.6. The predicted octanol–water partition coefficient (Wildman–Crippen LogP) is 1.31. The summed E-state index contributed by atoms with van der Waals surface area (Å²) in [6, 6.07) is 6.80. The molecular weight excluding hydrogens is 340 g/mol. The summed E-state index contributed by atoms with van der Waals surface area (Å²) in [6.45, 7) is 3.05. The summed E-state index contributed by atoms with van der Waals surface area (Å²) in [4.78, 5) is 25.2. The Kier molecular flexibility index (Phi) is 6.58. The van der Waals surface area contributed by atoms with E-state index in [1.165, 1.54) is 20.1 Å². The fourth-order valence-corrected chi connectivity index (χ4v) is 2.39. The molecule has 2 rings (SSSR count). The van der Waals surface area contributed by atoms with Crippen LogP contribution in [0.15, 0.2) is 23.8 Å². The molecule has 138 valence electrons. The van der Waals surface area contributed by atoms with Crippen LogP contribution in [0.4, 0.5) is 0 Å². The van der Waals surface area contributed by atoms with Crippen LogP contribution >= 0.6 is 0 Å². The smallest absolute Gasteiger partial charge is 0.344 e. The van der Waals surface area contributed by atoms with E-state index in [9.17, 15) is 14.9 Å². The van der Waals surface area contributed by atoms with Gasteiger partial charge < -0.3 is 24.2 Å². The Morgan fingerprint density at radius 3 is 2.65 bits per heavy atom. The van der Waals surface area contributed by atoms with E-state index < -0.39 is 18.0 Å². The molecular formula is C18H20N2O6. The first kappa shape index (κ1) is 19.3. The number of hydrogen-bond donors (Lipinski definition) is 1. The van der Waals surface area contributed by atoms with Crippen molar-refractivity contribution in [3.05, 3.63) is 29.3 Å². The summed E-state index contributed by atoms with van der Waals surface area (Å²) in [5, 5.41) is 18.5. The van der Waals surface area contributed by atoms with Crippen LogP contribution in [0.2, 0.25) is 0 Å². The second-order valence-corrected chi connectivity index (χ2v) is 5.55. The Balaban J connectivity index is 2.38. The zero-order valence-electron chi connectivity index (χ0n) is 14.6. The lowest BCUT2D eigenvalue weighted by Gasteiger charge is -2.26. The van der Waals surface area contributed by atoms with Gasteiger partial charge in [-0.3, -0.25) is 4.79 Å². The number of carboxylic acid groups (broad SMARTS) is 1. The molecule has 1 saturated heterocycles. The second kappa shape index (κ2) is 8.87. The molecule has 1 N–H and O–H groups in total. The van der Waals surface area contributed by atoms with Crippen molar-refractivity contribution >= 4 is 18.0 Å². The molecule has 0 aliphatic carbocycles. The van der Waals surface area contributed by atoms with E-state index >= 15 is 0 Å². The molecule has 1 aliphatic heterocycles. The quantitative estimate of drug-likeness (QED) is 0.602. The number of carbonyl (C=O) groups is 2. The summed E-state index contributed by atoms with van der Waals surface area (Å²) in [6.07, 6.45) is 0.253. The maximum absolute atomic E-state index is 12.5. The van der Waals surface area contributed by atoms with Crippen LogP contribution in [0.1, 0.15) is 12.5 Å². The third-order valence-electron chi connectivity index (χ3n) is 3.82. The minimum Gasteiger partial charge on any atom is -0.493 e. The third-order valence-corrected chi connectivity index (χ3v) is 3.82. The van der Waals surface area contributed by atoms with Crippen molar-refractivity contribution in [2.24, 2.45) is 0 Å². The fourth-order valence-electron chi connectivity index (χ4n) is 2.39. The standard InChI is InChI=1S/C18H20N2O6/c1-12(18(22)23)26-16-13(4-3-5-15(16)24-2)10-14(11-19)17(21)20-6-8-25-9-7-20/h3-5,10,12H,6-9H2,1-2H3,(H,22,23)/b14-10-/t12-/m0/s1. The lowest BCUT2D eigenvalue weighted by molar-refractivity contribution is -0.144. The van der Waals surface area contributed by atoms with Gasteiger partial charge in [-0.15, -0.1) is 0 Å². The SMILES string of the molecule is COc1cccc(/C=C(/C#N)C(=O)N2CCOCC2)c1O[C@@H](C)C(=O)O. The average Bonchev–Trinajstić information content (AvgIpc) is 2.66. The summed E-state index contributed by atoms with van der Waals surface area (Å²) < 4.78 is 15.9. The van der Waals surface area contributed by atoms with Gasteiger partial charge in [-0.1, -0.05) is 12.1 Å².